The number of amides is 1. The van der Waals surface area contributed by atoms with Crippen molar-refractivity contribution in [1.82, 2.24) is 4.98 Å². The van der Waals surface area contributed by atoms with Crippen molar-refractivity contribution in [3.63, 3.8) is 0 Å². The maximum absolute atomic E-state index is 12.8. The van der Waals surface area contributed by atoms with Crippen molar-refractivity contribution in [2.75, 3.05) is 25.7 Å². The predicted octanol–water partition coefficient (Wildman–Crippen LogP) is 2.61. The summed E-state index contributed by atoms with van der Waals surface area (Å²) in [6.45, 7) is 2.61. The molecule has 0 fully saturated rings. The van der Waals surface area contributed by atoms with E-state index < -0.39 is 0 Å². The van der Waals surface area contributed by atoms with Gasteiger partial charge >= 0.3 is 0 Å². The topological polar surface area (TPSA) is 51.7 Å². The number of carbonyl (C=O) groups excluding carboxylic acids is 1. The van der Waals surface area contributed by atoms with Gasteiger partial charge in [0.2, 0.25) is 0 Å². The van der Waals surface area contributed by atoms with Crippen LogP contribution in [0.15, 0.2) is 30.6 Å². The molecular weight excluding hydrogens is 280 g/mol. The summed E-state index contributed by atoms with van der Waals surface area (Å²) in [6, 6.07) is 5.56. The Morgan fingerprint density at radius 1 is 1.18 bits per heavy atom. The first kappa shape index (κ1) is 14.4. The van der Waals surface area contributed by atoms with Crippen molar-refractivity contribution in [3.8, 4) is 11.5 Å². The molecule has 2 heterocycles. The first-order chi connectivity index (χ1) is 10.7. The number of hydrogen-bond acceptors (Lipinski definition) is 4. The van der Waals surface area contributed by atoms with Crippen LogP contribution in [0.3, 0.4) is 0 Å². The Kier molecular flexibility index (Phi) is 3.71. The molecule has 1 aromatic carbocycles. The van der Waals surface area contributed by atoms with Gasteiger partial charge in [0.05, 0.1) is 26.1 Å². The number of pyridine rings is 1. The Morgan fingerprint density at radius 3 is 2.59 bits per heavy atom. The number of methoxy groups -OCH3 is 2. The van der Waals surface area contributed by atoms with Gasteiger partial charge in [-0.3, -0.25) is 9.78 Å². The fourth-order valence-corrected chi connectivity index (χ4v) is 2.77. The van der Waals surface area contributed by atoms with Crippen LogP contribution in [-0.2, 0) is 6.42 Å². The fraction of sp³-hybridized carbons (Fsp3) is 0.294. The fourth-order valence-electron chi connectivity index (χ4n) is 2.77. The van der Waals surface area contributed by atoms with Crippen LogP contribution in [-0.4, -0.2) is 31.7 Å². The smallest absolute Gasteiger partial charge is 0.258 e. The van der Waals surface area contributed by atoms with Crippen molar-refractivity contribution < 1.29 is 14.3 Å². The Hall–Kier alpha value is -2.56. The van der Waals surface area contributed by atoms with Gasteiger partial charge in [-0.15, -0.1) is 0 Å². The molecule has 2 aromatic rings. The van der Waals surface area contributed by atoms with Crippen LogP contribution >= 0.6 is 0 Å². The molecule has 0 bridgehead atoms. The molecule has 0 N–H and O–H groups in total. The summed E-state index contributed by atoms with van der Waals surface area (Å²) in [4.78, 5) is 18.7. The van der Waals surface area contributed by atoms with Gasteiger partial charge in [-0.2, -0.15) is 0 Å². The highest BCUT2D eigenvalue weighted by Crippen LogP contribution is 2.34. The molecule has 114 valence electrons. The highest BCUT2D eigenvalue weighted by Gasteiger charge is 2.28. The molecule has 1 aliphatic rings. The average Bonchev–Trinajstić information content (AvgIpc) is 2.55. The van der Waals surface area contributed by atoms with Crippen LogP contribution in [0.5, 0.6) is 11.5 Å². The molecule has 0 saturated carbocycles. The number of nitrogens with zero attached hydrogens (tertiary/aromatic N) is 2. The predicted molar refractivity (Wildman–Crippen MR) is 83.9 cm³/mol. The lowest BCUT2D eigenvalue weighted by molar-refractivity contribution is 0.0980. The number of hydrogen-bond donors (Lipinski definition) is 0. The molecule has 22 heavy (non-hydrogen) atoms. The van der Waals surface area contributed by atoms with Gasteiger partial charge in [-0.25, -0.2) is 0 Å². The normalized spacial score (nSPS) is 13.8. The third-order valence-corrected chi connectivity index (χ3v) is 3.99. The highest BCUT2D eigenvalue weighted by atomic mass is 16.5. The van der Waals surface area contributed by atoms with Crippen LogP contribution in [0.2, 0.25) is 0 Å². The lowest BCUT2D eigenvalue weighted by atomic mass is 9.97. The summed E-state index contributed by atoms with van der Waals surface area (Å²) in [7, 11) is 3.17. The van der Waals surface area contributed by atoms with Crippen LogP contribution in [0, 0.1) is 6.92 Å². The monoisotopic (exact) mass is 298 g/mol. The van der Waals surface area contributed by atoms with E-state index in [2.05, 4.69) is 4.98 Å². The minimum absolute atomic E-state index is 0.0293. The van der Waals surface area contributed by atoms with E-state index >= 15 is 0 Å². The van der Waals surface area contributed by atoms with E-state index in [0.717, 1.165) is 23.2 Å². The van der Waals surface area contributed by atoms with E-state index in [1.54, 1.807) is 37.6 Å². The second kappa shape index (κ2) is 5.67. The van der Waals surface area contributed by atoms with E-state index in [1.807, 2.05) is 19.1 Å². The maximum Gasteiger partial charge on any atom is 0.258 e. The van der Waals surface area contributed by atoms with E-state index in [-0.39, 0.29) is 5.91 Å². The van der Waals surface area contributed by atoms with Crippen molar-refractivity contribution in [2.45, 2.75) is 13.3 Å². The van der Waals surface area contributed by atoms with Gasteiger partial charge in [-0.1, -0.05) is 0 Å². The summed E-state index contributed by atoms with van der Waals surface area (Å²) in [5, 5.41) is 0. The van der Waals surface area contributed by atoms with E-state index in [9.17, 15) is 4.79 Å². The second-order valence-corrected chi connectivity index (χ2v) is 5.23. The standard InChI is InChI=1S/C17H18N2O3/c1-11-4-6-18-10-14(11)19-7-5-12-8-15(21-2)16(22-3)9-13(12)17(19)20/h4,6,8-10H,5,7H2,1-3H3. The van der Waals surface area contributed by atoms with E-state index in [0.29, 0.717) is 23.6 Å². The number of benzene rings is 1. The first-order valence-corrected chi connectivity index (χ1v) is 7.13. The molecule has 0 saturated heterocycles. The van der Waals surface area contributed by atoms with Gasteiger partial charge in [-0.05, 0) is 42.7 Å². The third-order valence-electron chi connectivity index (χ3n) is 3.99. The van der Waals surface area contributed by atoms with Crippen LogP contribution in [0.1, 0.15) is 21.5 Å². The van der Waals surface area contributed by atoms with Crippen LogP contribution < -0.4 is 14.4 Å². The summed E-state index contributed by atoms with van der Waals surface area (Å²) in [5.74, 6) is 1.19. The Morgan fingerprint density at radius 2 is 1.91 bits per heavy atom. The summed E-state index contributed by atoms with van der Waals surface area (Å²) in [6.07, 6.45) is 4.24. The number of ether oxygens (including phenoxy) is 2. The number of anilines is 1. The van der Waals surface area contributed by atoms with Crippen LogP contribution in [0.4, 0.5) is 5.69 Å². The summed E-state index contributed by atoms with van der Waals surface area (Å²) >= 11 is 0. The van der Waals surface area contributed by atoms with Crippen LogP contribution in [0.25, 0.3) is 0 Å². The third kappa shape index (κ3) is 2.28. The maximum atomic E-state index is 12.8. The Bertz CT molecular complexity index is 728. The zero-order valence-electron chi connectivity index (χ0n) is 12.9. The number of fused-ring (bicyclic) bond motifs is 1. The lowest BCUT2D eigenvalue weighted by Gasteiger charge is -2.30. The minimum Gasteiger partial charge on any atom is -0.493 e. The summed E-state index contributed by atoms with van der Waals surface area (Å²) < 4.78 is 10.6. The molecule has 0 spiro atoms. The Labute approximate surface area is 129 Å². The van der Waals surface area contributed by atoms with Crippen molar-refractivity contribution in [1.29, 1.82) is 0 Å². The Balaban J connectivity index is 2.04. The highest BCUT2D eigenvalue weighted by molar-refractivity contribution is 6.08. The molecule has 1 amide bonds. The molecule has 0 radical (unpaired) electrons. The van der Waals surface area contributed by atoms with Gasteiger partial charge in [0.25, 0.3) is 5.91 Å². The molecule has 3 rings (SSSR count). The second-order valence-electron chi connectivity index (χ2n) is 5.23. The molecule has 5 heteroatoms. The number of rotatable bonds is 3. The van der Waals surface area contributed by atoms with Gasteiger partial charge < -0.3 is 14.4 Å². The van der Waals surface area contributed by atoms with E-state index in [1.165, 1.54) is 0 Å². The molecule has 0 unspecified atom stereocenters. The molecule has 0 aliphatic carbocycles. The number of aromatic nitrogens is 1. The molecule has 1 aromatic heterocycles. The molecule has 0 atom stereocenters. The minimum atomic E-state index is -0.0293. The average molecular weight is 298 g/mol. The van der Waals surface area contributed by atoms with Gasteiger partial charge in [0.15, 0.2) is 11.5 Å². The van der Waals surface area contributed by atoms with Crippen molar-refractivity contribution in [2.24, 2.45) is 0 Å². The SMILES string of the molecule is COc1cc2c(cc1OC)C(=O)N(c1cnccc1C)CC2. The number of carbonyl (C=O) groups is 1. The molecular formula is C17H18N2O3. The lowest BCUT2D eigenvalue weighted by Crippen LogP contribution is -2.38. The summed E-state index contributed by atoms with van der Waals surface area (Å²) in [5.41, 5.74) is 3.54. The number of aryl methyl sites for hydroxylation is 1. The van der Waals surface area contributed by atoms with Crippen molar-refractivity contribution >= 4 is 11.6 Å². The zero-order chi connectivity index (χ0) is 15.7. The zero-order valence-corrected chi connectivity index (χ0v) is 12.9. The van der Waals surface area contributed by atoms with Crippen molar-refractivity contribution in [3.05, 3.63) is 47.3 Å². The van der Waals surface area contributed by atoms with E-state index in [4.69, 9.17) is 9.47 Å². The molecule has 1 aliphatic heterocycles. The molecule has 5 nitrogen and oxygen atoms in total. The largest absolute Gasteiger partial charge is 0.493 e. The quantitative estimate of drug-likeness (QED) is 0.874. The van der Waals surface area contributed by atoms with Gasteiger partial charge in [0, 0.05) is 18.3 Å². The van der Waals surface area contributed by atoms with Gasteiger partial charge in [0.1, 0.15) is 0 Å². The first-order valence-electron chi connectivity index (χ1n) is 7.13.